The topological polar surface area (TPSA) is 86.2 Å². The number of alkyl carbamates (subject to hydrolysis) is 1. The molecular formula is C24H30N2O5. The Morgan fingerprint density at radius 3 is 2.42 bits per heavy atom. The molecule has 0 fully saturated rings. The Labute approximate surface area is 183 Å². The van der Waals surface area contributed by atoms with Crippen molar-refractivity contribution in [2.45, 2.75) is 44.6 Å². The second-order valence-corrected chi connectivity index (χ2v) is 8.64. The van der Waals surface area contributed by atoms with Crippen molar-refractivity contribution in [2.75, 3.05) is 14.2 Å². The van der Waals surface area contributed by atoms with E-state index in [0.29, 0.717) is 17.7 Å². The van der Waals surface area contributed by atoms with E-state index in [1.165, 1.54) is 0 Å². The number of allylic oxidation sites excluding steroid dienone is 2. The molecule has 1 N–H and O–H groups in total. The number of ether oxygens (including phenoxy) is 3. The number of hydrogen-bond acceptors (Lipinski definition) is 5. The van der Waals surface area contributed by atoms with Crippen LogP contribution in [0, 0.1) is 11.8 Å². The van der Waals surface area contributed by atoms with Gasteiger partial charge in [0.25, 0.3) is 5.91 Å². The van der Waals surface area contributed by atoms with E-state index in [4.69, 9.17) is 14.2 Å². The summed E-state index contributed by atoms with van der Waals surface area (Å²) in [5, 5.41) is 2.92. The molecule has 0 heterocycles. The molecule has 0 bridgehead atoms. The Hall–Kier alpha value is -2.77. The van der Waals surface area contributed by atoms with Crippen LogP contribution in [0.5, 0.6) is 0 Å². The fraction of sp³-hybridized carbons (Fsp3) is 0.458. The van der Waals surface area contributed by atoms with Crippen molar-refractivity contribution in [3.05, 3.63) is 60.2 Å². The first-order chi connectivity index (χ1) is 14.7. The third-order valence-corrected chi connectivity index (χ3v) is 5.47. The van der Waals surface area contributed by atoms with Gasteiger partial charge in [-0.2, -0.15) is 0 Å². The standard InChI is InChI=1S/C24H30N2O5/c1-23(2,3)31-22(28)26-18-13-9-12-17-20(18)19(14-15-24(17,29-4)30-5)25-21(27)16-10-7-6-8-11-16/h6-11,13-15,17-18,20H,12H2,1-5H3,(H,26,28)/t17-,18+,20-/m0/s1. The van der Waals surface area contributed by atoms with Gasteiger partial charge in [0.2, 0.25) is 0 Å². The smallest absolute Gasteiger partial charge is 0.408 e. The normalized spacial score (nSPS) is 25.7. The highest BCUT2D eigenvalue weighted by atomic mass is 16.7. The van der Waals surface area contributed by atoms with E-state index in [1.807, 2.05) is 39.0 Å². The predicted octanol–water partition coefficient (Wildman–Crippen LogP) is 3.91. The van der Waals surface area contributed by atoms with Gasteiger partial charge in [-0.05, 0) is 51.5 Å². The Balaban J connectivity index is 1.98. The van der Waals surface area contributed by atoms with Gasteiger partial charge in [-0.1, -0.05) is 30.4 Å². The quantitative estimate of drug-likeness (QED) is 0.583. The summed E-state index contributed by atoms with van der Waals surface area (Å²) in [5.41, 5.74) is 0.435. The molecule has 7 heteroatoms. The van der Waals surface area contributed by atoms with Crippen LogP contribution in [0.3, 0.4) is 0 Å². The van der Waals surface area contributed by atoms with E-state index in [9.17, 15) is 9.59 Å². The molecule has 2 aliphatic rings. The van der Waals surface area contributed by atoms with Crippen LogP contribution in [-0.4, -0.2) is 49.4 Å². The number of methoxy groups -OCH3 is 2. The molecule has 0 saturated heterocycles. The van der Waals surface area contributed by atoms with E-state index in [1.54, 1.807) is 50.6 Å². The number of carbonyl (C=O) groups is 2. The first-order valence-electron chi connectivity index (χ1n) is 10.3. The van der Waals surface area contributed by atoms with Gasteiger partial charge >= 0.3 is 6.09 Å². The van der Waals surface area contributed by atoms with Crippen LogP contribution >= 0.6 is 0 Å². The lowest BCUT2D eigenvalue weighted by Crippen LogP contribution is -2.56. The number of amides is 2. The molecule has 7 nitrogen and oxygen atoms in total. The summed E-state index contributed by atoms with van der Waals surface area (Å²) in [7, 11) is 3.16. The largest absolute Gasteiger partial charge is 0.444 e. The van der Waals surface area contributed by atoms with Crippen molar-refractivity contribution in [3.8, 4) is 0 Å². The van der Waals surface area contributed by atoms with E-state index in [0.717, 1.165) is 0 Å². The molecule has 0 spiro atoms. The molecule has 3 rings (SSSR count). The molecule has 0 radical (unpaired) electrons. The number of benzene rings is 1. The molecule has 1 aromatic rings. The molecular weight excluding hydrogens is 396 g/mol. The molecule has 0 unspecified atom stereocenters. The molecule has 0 aromatic heterocycles. The molecule has 166 valence electrons. The number of nitrogens with zero attached hydrogens (tertiary/aromatic N) is 1. The van der Waals surface area contributed by atoms with Crippen LogP contribution in [0.4, 0.5) is 4.79 Å². The second-order valence-electron chi connectivity index (χ2n) is 8.64. The zero-order valence-electron chi connectivity index (χ0n) is 18.6. The van der Waals surface area contributed by atoms with Crippen LogP contribution in [-0.2, 0) is 14.2 Å². The molecule has 0 aliphatic heterocycles. The number of hydrogen-bond donors (Lipinski definition) is 1. The van der Waals surface area contributed by atoms with E-state index in [2.05, 4.69) is 10.3 Å². The third kappa shape index (κ3) is 5.11. The van der Waals surface area contributed by atoms with Crippen molar-refractivity contribution in [1.29, 1.82) is 0 Å². The van der Waals surface area contributed by atoms with Crippen molar-refractivity contribution >= 4 is 17.7 Å². The molecule has 1 aromatic carbocycles. The maximum Gasteiger partial charge on any atom is 0.408 e. The lowest BCUT2D eigenvalue weighted by Gasteiger charge is -2.46. The second kappa shape index (κ2) is 9.16. The Kier molecular flexibility index (Phi) is 6.77. The van der Waals surface area contributed by atoms with Gasteiger partial charge in [-0.3, -0.25) is 4.79 Å². The molecule has 31 heavy (non-hydrogen) atoms. The van der Waals surface area contributed by atoms with Crippen LogP contribution in [0.1, 0.15) is 37.6 Å². The Morgan fingerprint density at radius 2 is 1.81 bits per heavy atom. The molecule has 3 atom stereocenters. The zero-order chi connectivity index (χ0) is 22.6. The summed E-state index contributed by atoms with van der Waals surface area (Å²) < 4.78 is 16.9. The number of rotatable bonds is 4. The van der Waals surface area contributed by atoms with E-state index >= 15 is 0 Å². The van der Waals surface area contributed by atoms with Gasteiger partial charge in [0, 0.05) is 31.6 Å². The lowest BCUT2D eigenvalue weighted by atomic mass is 9.69. The Morgan fingerprint density at radius 1 is 1.13 bits per heavy atom. The van der Waals surface area contributed by atoms with Gasteiger partial charge in [0.05, 0.1) is 11.8 Å². The summed E-state index contributed by atoms with van der Waals surface area (Å²) >= 11 is 0. The lowest BCUT2D eigenvalue weighted by molar-refractivity contribution is -0.213. The van der Waals surface area contributed by atoms with Crippen LogP contribution in [0.25, 0.3) is 0 Å². The van der Waals surface area contributed by atoms with Crippen LogP contribution in [0.15, 0.2) is 59.6 Å². The van der Waals surface area contributed by atoms with Crippen molar-refractivity contribution < 1.29 is 23.8 Å². The zero-order valence-corrected chi connectivity index (χ0v) is 18.6. The fourth-order valence-corrected chi connectivity index (χ4v) is 4.11. The monoisotopic (exact) mass is 426 g/mol. The van der Waals surface area contributed by atoms with Gasteiger partial charge in [0.1, 0.15) is 5.60 Å². The summed E-state index contributed by atoms with van der Waals surface area (Å²) in [6, 6.07) is 8.45. The summed E-state index contributed by atoms with van der Waals surface area (Å²) in [4.78, 5) is 29.7. The number of carbonyl (C=O) groups excluding carboxylic acids is 2. The Bertz CT molecular complexity index is 894. The van der Waals surface area contributed by atoms with Gasteiger partial charge < -0.3 is 19.5 Å². The highest BCUT2D eigenvalue weighted by Gasteiger charge is 2.50. The first-order valence-corrected chi connectivity index (χ1v) is 10.3. The van der Waals surface area contributed by atoms with Crippen LogP contribution in [0.2, 0.25) is 0 Å². The van der Waals surface area contributed by atoms with Gasteiger partial charge in [0.15, 0.2) is 5.79 Å². The van der Waals surface area contributed by atoms with Crippen molar-refractivity contribution in [1.82, 2.24) is 5.32 Å². The van der Waals surface area contributed by atoms with Gasteiger partial charge in [-0.15, -0.1) is 0 Å². The average molecular weight is 427 g/mol. The fourth-order valence-electron chi connectivity index (χ4n) is 4.11. The highest BCUT2D eigenvalue weighted by Crippen LogP contribution is 2.42. The SMILES string of the molecule is COC1(OC)C=CC(=NC(=O)c2ccccc2)[C@@H]2[C@H](NC(=O)OC(C)(C)C)C=CC[C@@H]21. The van der Waals surface area contributed by atoms with Crippen molar-refractivity contribution in [2.24, 2.45) is 16.8 Å². The minimum Gasteiger partial charge on any atom is -0.444 e. The predicted molar refractivity (Wildman–Crippen MR) is 118 cm³/mol. The van der Waals surface area contributed by atoms with Crippen LogP contribution < -0.4 is 5.32 Å². The number of nitrogens with one attached hydrogen (secondary N) is 1. The maximum atomic E-state index is 12.8. The van der Waals surface area contributed by atoms with E-state index in [-0.39, 0.29) is 17.7 Å². The highest BCUT2D eigenvalue weighted by molar-refractivity contribution is 6.09. The number of aliphatic imine (C=N–C) groups is 1. The molecule has 2 aliphatic carbocycles. The third-order valence-electron chi connectivity index (χ3n) is 5.47. The average Bonchev–Trinajstić information content (AvgIpc) is 2.73. The molecule has 0 saturated carbocycles. The van der Waals surface area contributed by atoms with E-state index < -0.39 is 23.5 Å². The first kappa shape index (κ1) is 22.9. The van der Waals surface area contributed by atoms with Gasteiger partial charge in [-0.25, -0.2) is 9.79 Å². The summed E-state index contributed by atoms with van der Waals surface area (Å²) in [5.74, 6) is -1.86. The molecule has 2 amide bonds. The van der Waals surface area contributed by atoms with Crippen molar-refractivity contribution in [3.63, 3.8) is 0 Å². The summed E-state index contributed by atoms with van der Waals surface area (Å²) in [6.07, 6.45) is 7.52. The minimum absolute atomic E-state index is 0.195. The maximum absolute atomic E-state index is 12.8. The minimum atomic E-state index is -0.988. The number of fused-ring (bicyclic) bond motifs is 1. The summed E-state index contributed by atoms with van der Waals surface area (Å²) in [6.45, 7) is 5.42.